The number of aliphatic hydroxyl groups is 5. The van der Waals surface area contributed by atoms with Crippen molar-refractivity contribution in [3.63, 3.8) is 0 Å². The third kappa shape index (κ3) is 3.62. The minimum atomic E-state index is -2.55. The number of Topliss-reactive ketones (excluding diaryl/α,β-unsaturated/α-hetero) is 2. The van der Waals surface area contributed by atoms with Crippen LogP contribution in [0.4, 0.5) is 0 Å². The summed E-state index contributed by atoms with van der Waals surface area (Å²) in [7, 11) is 0. The van der Waals surface area contributed by atoms with E-state index in [0.29, 0.717) is 6.42 Å². The van der Waals surface area contributed by atoms with Crippen molar-refractivity contribution in [1.82, 2.24) is 0 Å². The maximum atomic E-state index is 13.5. The molecule has 1 saturated heterocycles. The van der Waals surface area contributed by atoms with Gasteiger partial charge in [0.2, 0.25) is 5.79 Å². The number of carbonyl (C=O) groups is 2. The van der Waals surface area contributed by atoms with Gasteiger partial charge in [-0.3, -0.25) is 9.59 Å². The minimum Gasteiger partial charge on any atom is -0.511 e. The molecule has 0 radical (unpaired) electrons. The van der Waals surface area contributed by atoms with E-state index < -0.39 is 63.6 Å². The number of carbonyl (C=O) groups excluding carboxylic acids is 2. The SMILES string of the molecule is C/C=C/C=C/C(O)=C1C(O)=C(C)C(=O)[C@@]2(C)OC3(O)C(C)(C(O)=C(C(=O)CC/C=C/C)C[C@]3(C)O)[C@H]12. The molecule has 1 fully saturated rings. The van der Waals surface area contributed by atoms with Gasteiger partial charge in [-0.05, 0) is 54.0 Å². The Kier molecular flexibility index (Phi) is 7.05. The summed E-state index contributed by atoms with van der Waals surface area (Å²) in [4.78, 5) is 26.6. The number of ether oxygens (including phenoxy) is 1. The first-order chi connectivity index (χ1) is 16.7. The molecule has 36 heavy (non-hydrogen) atoms. The van der Waals surface area contributed by atoms with Crippen LogP contribution in [0.1, 0.15) is 60.8 Å². The Morgan fingerprint density at radius 2 is 1.75 bits per heavy atom. The number of rotatable bonds is 6. The second-order valence-electron chi connectivity index (χ2n) is 10.3. The van der Waals surface area contributed by atoms with Gasteiger partial charge < -0.3 is 30.3 Å². The lowest BCUT2D eigenvalue weighted by Crippen LogP contribution is -2.65. The van der Waals surface area contributed by atoms with E-state index in [-0.39, 0.29) is 23.1 Å². The fraction of sp³-hybridized carbons (Fsp3) is 0.500. The van der Waals surface area contributed by atoms with Crippen molar-refractivity contribution in [1.29, 1.82) is 0 Å². The lowest BCUT2D eigenvalue weighted by atomic mass is 9.54. The van der Waals surface area contributed by atoms with E-state index in [1.165, 1.54) is 39.8 Å². The topological polar surface area (TPSA) is 145 Å². The summed E-state index contributed by atoms with van der Waals surface area (Å²) in [6, 6.07) is 0. The average Bonchev–Trinajstić information content (AvgIpc) is 3.01. The maximum absolute atomic E-state index is 13.5. The second kappa shape index (κ2) is 9.18. The van der Waals surface area contributed by atoms with E-state index in [9.17, 15) is 35.1 Å². The van der Waals surface area contributed by atoms with Crippen LogP contribution in [0, 0.1) is 11.3 Å². The molecule has 2 aliphatic carbocycles. The molecule has 5 atom stereocenters. The van der Waals surface area contributed by atoms with E-state index in [1.54, 1.807) is 31.2 Å². The number of hydrogen-bond donors (Lipinski definition) is 5. The molecule has 0 spiro atoms. The van der Waals surface area contributed by atoms with Crippen LogP contribution < -0.4 is 0 Å². The molecule has 0 bridgehead atoms. The Morgan fingerprint density at radius 3 is 2.33 bits per heavy atom. The Balaban J connectivity index is 2.38. The first-order valence-electron chi connectivity index (χ1n) is 12.0. The number of hydrogen-bond acceptors (Lipinski definition) is 8. The zero-order valence-corrected chi connectivity index (χ0v) is 21.6. The highest BCUT2D eigenvalue weighted by molar-refractivity contribution is 6.05. The lowest BCUT2D eigenvalue weighted by molar-refractivity contribution is -0.330. The Labute approximate surface area is 211 Å². The molecule has 0 aromatic rings. The van der Waals surface area contributed by atoms with Crippen molar-refractivity contribution >= 4 is 11.6 Å². The first-order valence-corrected chi connectivity index (χ1v) is 12.0. The van der Waals surface area contributed by atoms with Crippen molar-refractivity contribution in [2.45, 2.75) is 77.8 Å². The van der Waals surface area contributed by atoms with Gasteiger partial charge in [0.15, 0.2) is 11.6 Å². The molecule has 2 unspecified atom stereocenters. The summed E-state index contributed by atoms with van der Waals surface area (Å²) in [6.07, 6.45) is 9.84. The van der Waals surface area contributed by atoms with Crippen LogP contribution in [0.15, 0.2) is 70.5 Å². The highest BCUT2D eigenvalue weighted by Crippen LogP contribution is 2.68. The second-order valence-corrected chi connectivity index (χ2v) is 10.3. The molecular weight excluding hydrogens is 464 g/mol. The van der Waals surface area contributed by atoms with Crippen LogP contribution in [-0.4, -0.2) is 54.1 Å². The van der Waals surface area contributed by atoms with E-state index in [1.807, 2.05) is 6.92 Å². The molecule has 3 aliphatic rings. The van der Waals surface area contributed by atoms with Gasteiger partial charge in [-0.2, -0.15) is 0 Å². The van der Waals surface area contributed by atoms with Gasteiger partial charge in [-0.1, -0.05) is 30.4 Å². The highest BCUT2D eigenvalue weighted by atomic mass is 16.7. The van der Waals surface area contributed by atoms with Crippen molar-refractivity contribution < 1.29 is 39.9 Å². The number of fused-ring (bicyclic) bond motifs is 3. The molecule has 0 aromatic carbocycles. The van der Waals surface area contributed by atoms with E-state index in [2.05, 4.69) is 0 Å². The van der Waals surface area contributed by atoms with Gasteiger partial charge >= 0.3 is 0 Å². The molecule has 0 aromatic heterocycles. The molecule has 1 aliphatic heterocycles. The van der Waals surface area contributed by atoms with Crippen LogP contribution in [-0.2, 0) is 14.3 Å². The molecule has 8 nitrogen and oxygen atoms in total. The van der Waals surface area contributed by atoms with Gasteiger partial charge in [0.1, 0.15) is 28.5 Å². The summed E-state index contributed by atoms with van der Waals surface area (Å²) >= 11 is 0. The number of aliphatic hydroxyl groups excluding tert-OH is 3. The highest BCUT2D eigenvalue weighted by Gasteiger charge is 2.80. The zero-order chi connectivity index (χ0) is 27.3. The zero-order valence-electron chi connectivity index (χ0n) is 21.6. The maximum Gasteiger partial charge on any atom is 0.209 e. The largest absolute Gasteiger partial charge is 0.511 e. The van der Waals surface area contributed by atoms with Crippen LogP contribution >= 0.6 is 0 Å². The molecule has 196 valence electrons. The fourth-order valence-electron chi connectivity index (χ4n) is 5.99. The van der Waals surface area contributed by atoms with E-state index >= 15 is 0 Å². The third-order valence-electron chi connectivity index (χ3n) is 7.86. The quantitative estimate of drug-likeness (QED) is 0.206. The summed E-state index contributed by atoms with van der Waals surface area (Å²) in [6.45, 7) is 8.99. The molecule has 0 amide bonds. The predicted molar refractivity (Wildman–Crippen MR) is 134 cm³/mol. The van der Waals surface area contributed by atoms with Crippen molar-refractivity contribution in [3.05, 3.63) is 70.5 Å². The Bertz CT molecular complexity index is 1160. The third-order valence-corrected chi connectivity index (χ3v) is 7.86. The van der Waals surface area contributed by atoms with Gasteiger partial charge in [-0.15, -0.1) is 0 Å². The van der Waals surface area contributed by atoms with Crippen molar-refractivity contribution in [2.24, 2.45) is 11.3 Å². The standard InChI is InChI=1S/C28H36O8/c1-7-9-11-13-18(29)17-15-25(4,34)28(35)26(5,24(17)33)22-20(19(30)14-12-10-8-2)21(31)16(3)23(32)27(22,6)36-28/h7-10,12,14,22,30-31,33-35H,11,13,15H2,1-6H3/b9-7+,10-8+,14-12+,20-19?/t22-,25-,26?,27-,28?/m0/s1. The summed E-state index contributed by atoms with van der Waals surface area (Å²) in [5.74, 6) is -6.48. The van der Waals surface area contributed by atoms with Crippen molar-refractivity contribution in [3.8, 4) is 0 Å². The smallest absolute Gasteiger partial charge is 0.209 e. The molecular formula is C28H36O8. The molecule has 3 rings (SSSR count). The first kappa shape index (κ1) is 27.6. The number of allylic oxidation sites excluding steroid dienone is 7. The van der Waals surface area contributed by atoms with Crippen LogP contribution in [0.5, 0.6) is 0 Å². The lowest BCUT2D eigenvalue weighted by Gasteiger charge is -2.51. The van der Waals surface area contributed by atoms with Crippen molar-refractivity contribution in [2.75, 3.05) is 0 Å². The summed E-state index contributed by atoms with van der Waals surface area (Å²) < 4.78 is 6.01. The van der Waals surface area contributed by atoms with Crippen LogP contribution in [0.3, 0.4) is 0 Å². The Hall–Kier alpha value is -2.94. The van der Waals surface area contributed by atoms with Crippen LogP contribution in [0.25, 0.3) is 0 Å². The van der Waals surface area contributed by atoms with Gasteiger partial charge in [0, 0.05) is 35.5 Å². The summed E-state index contributed by atoms with van der Waals surface area (Å²) in [5, 5.41) is 57.0. The van der Waals surface area contributed by atoms with Gasteiger partial charge in [-0.25, -0.2) is 0 Å². The number of ketones is 2. The fourth-order valence-corrected chi connectivity index (χ4v) is 5.99. The van der Waals surface area contributed by atoms with Gasteiger partial charge in [0.25, 0.3) is 0 Å². The predicted octanol–water partition coefficient (Wildman–Crippen LogP) is 4.34. The van der Waals surface area contributed by atoms with E-state index in [0.717, 1.165) is 0 Å². The average molecular weight is 501 g/mol. The molecule has 0 saturated carbocycles. The Morgan fingerprint density at radius 1 is 1.11 bits per heavy atom. The normalized spacial score (nSPS) is 38.4. The van der Waals surface area contributed by atoms with Crippen LogP contribution in [0.2, 0.25) is 0 Å². The molecule has 5 N–H and O–H groups in total. The van der Waals surface area contributed by atoms with Gasteiger partial charge in [0.05, 0.1) is 5.41 Å². The summed E-state index contributed by atoms with van der Waals surface area (Å²) in [5.41, 5.74) is -6.32. The molecule has 1 heterocycles. The van der Waals surface area contributed by atoms with E-state index in [4.69, 9.17) is 4.74 Å². The minimum absolute atomic E-state index is 0.0559. The monoisotopic (exact) mass is 500 g/mol. The molecule has 8 heteroatoms.